The smallest absolute Gasteiger partial charge is 0.258 e. The number of aryl methyl sites for hydroxylation is 1. The Morgan fingerprint density at radius 1 is 1.43 bits per heavy atom. The van der Waals surface area contributed by atoms with Crippen molar-refractivity contribution < 1.29 is 18.7 Å². The highest BCUT2D eigenvalue weighted by atomic mass is 19.1. The lowest BCUT2D eigenvalue weighted by Crippen LogP contribution is -2.32. The lowest BCUT2D eigenvalue weighted by molar-refractivity contribution is 0.0714. The number of aliphatic hydroxyl groups is 1. The van der Waals surface area contributed by atoms with E-state index in [2.05, 4.69) is 0 Å². The summed E-state index contributed by atoms with van der Waals surface area (Å²) in [5.41, 5.74) is 1.07. The number of likely N-dealkylation sites (tertiary alicyclic amines) is 1. The van der Waals surface area contributed by atoms with Crippen LogP contribution in [0.25, 0.3) is 0 Å². The van der Waals surface area contributed by atoms with Gasteiger partial charge in [-0.05, 0) is 31.0 Å². The van der Waals surface area contributed by atoms with Gasteiger partial charge in [-0.15, -0.1) is 0 Å². The molecule has 1 fully saturated rings. The fourth-order valence-corrected chi connectivity index (χ4v) is 2.94. The molecule has 0 radical (unpaired) electrons. The second kappa shape index (κ2) is 5.86. The predicted octanol–water partition coefficient (Wildman–Crippen LogP) is 2.55. The molecule has 0 saturated carbocycles. The summed E-state index contributed by atoms with van der Waals surface area (Å²) in [6, 6.07) is 8.83. The Kier molecular flexibility index (Phi) is 3.89. The number of furan rings is 1. The second-order valence-corrected chi connectivity index (χ2v) is 5.61. The van der Waals surface area contributed by atoms with Crippen molar-refractivity contribution in [3.8, 4) is 6.07 Å². The number of hydrogen-bond donors (Lipinski definition) is 1. The molecule has 0 bridgehead atoms. The highest BCUT2D eigenvalue weighted by Gasteiger charge is 2.36. The van der Waals surface area contributed by atoms with Crippen molar-refractivity contribution in [2.45, 2.75) is 25.5 Å². The zero-order valence-corrected chi connectivity index (χ0v) is 12.5. The summed E-state index contributed by atoms with van der Waals surface area (Å²) in [7, 11) is 0. The van der Waals surface area contributed by atoms with Gasteiger partial charge >= 0.3 is 0 Å². The van der Waals surface area contributed by atoms with Crippen molar-refractivity contribution in [2.75, 3.05) is 6.54 Å². The summed E-state index contributed by atoms with van der Waals surface area (Å²) in [4.78, 5) is 14.3. The Labute approximate surface area is 132 Å². The molecule has 1 saturated heterocycles. The van der Waals surface area contributed by atoms with E-state index in [-0.39, 0.29) is 30.1 Å². The van der Waals surface area contributed by atoms with E-state index < -0.39 is 6.10 Å². The van der Waals surface area contributed by atoms with Crippen LogP contribution >= 0.6 is 0 Å². The fraction of sp³-hybridized carbons (Fsp3) is 0.294. The van der Waals surface area contributed by atoms with E-state index >= 15 is 0 Å². The van der Waals surface area contributed by atoms with E-state index in [1.54, 1.807) is 19.1 Å². The summed E-state index contributed by atoms with van der Waals surface area (Å²) in [5.74, 6) is -0.220. The fourth-order valence-electron chi connectivity index (χ4n) is 2.94. The van der Waals surface area contributed by atoms with Crippen LogP contribution in [0.3, 0.4) is 0 Å². The summed E-state index contributed by atoms with van der Waals surface area (Å²) < 4.78 is 18.3. The molecule has 1 aromatic carbocycles. The maximum atomic E-state index is 13.1. The van der Waals surface area contributed by atoms with Crippen LogP contribution < -0.4 is 0 Å². The zero-order valence-electron chi connectivity index (χ0n) is 12.5. The number of nitrogens with zero attached hydrogens (tertiary/aromatic N) is 2. The normalized spacial score (nSPS) is 20.5. The van der Waals surface area contributed by atoms with Gasteiger partial charge in [-0.3, -0.25) is 4.79 Å². The Morgan fingerprint density at radius 2 is 2.13 bits per heavy atom. The molecule has 6 heteroatoms. The van der Waals surface area contributed by atoms with Crippen molar-refractivity contribution in [2.24, 2.45) is 0 Å². The van der Waals surface area contributed by atoms with Gasteiger partial charge < -0.3 is 14.4 Å². The molecule has 2 atom stereocenters. The third-order valence-corrected chi connectivity index (χ3v) is 4.05. The van der Waals surface area contributed by atoms with Gasteiger partial charge in [-0.25, -0.2) is 4.39 Å². The van der Waals surface area contributed by atoms with Crippen molar-refractivity contribution in [3.63, 3.8) is 0 Å². The van der Waals surface area contributed by atoms with Crippen LogP contribution in [0.2, 0.25) is 0 Å². The molecule has 1 N–H and O–H groups in total. The summed E-state index contributed by atoms with van der Waals surface area (Å²) in [6.45, 7) is 1.81. The van der Waals surface area contributed by atoms with Crippen LogP contribution in [0, 0.1) is 24.1 Å². The third-order valence-electron chi connectivity index (χ3n) is 4.05. The van der Waals surface area contributed by atoms with Gasteiger partial charge in [-0.2, -0.15) is 5.26 Å². The van der Waals surface area contributed by atoms with E-state index in [4.69, 9.17) is 9.68 Å². The first-order valence-electron chi connectivity index (χ1n) is 7.24. The molecule has 0 spiro atoms. The van der Waals surface area contributed by atoms with Gasteiger partial charge in [0.25, 0.3) is 5.91 Å². The van der Waals surface area contributed by atoms with E-state index in [0.29, 0.717) is 17.7 Å². The molecule has 1 aliphatic heterocycles. The maximum Gasteiger partial charge on any atom is 0.258 e. The standard InChI is InChI=1S/C17H15FN2O3/c1-10-15(7-14(8-19)23-10)17(22)20-9-13(21)6-16(20)11-2-4-12(18)5-3-11/h2-5,7,13,16,21H,6,9H2,1H3/t13-,16+/m1/s1. The topological polar surface area (TPSA) is 77.5 Å². The predicted molar refractivity (Wildman–Crippen MR) is 79.0 cm³/mol. The van der Waals surface area contributed by atoms with Gasteiger partial charge in [0.2, 0.25) is 5.76 Å². The molecule has 0 unspecified atom stereocenters. The Hall–Kier alpha value is -2.65. The lowest BCUT2D eigenvalue weighted by Gasteiger charge is -2.24. The first kappa shape index (κ1) is 15.3. The molecule has 3 rings (SSSR count). The van der Waals surface area contributed by atoms with Gasteiger partial charge in [0.15, 0.2) is 0 Å². The number of nitriles is 1. The first-order chi connectivity index (χ1) is 11.0. The molecule has 1 aliphatic rings. The van der Waals surface area contributed by atoms with E-state index in [1.165, 1.54) is 23.1 Å². The highest BCUT2D eigenvalue weighted by molar-refractivity contribution is 5.96. The average Bonchev–Trinajstić information content (AvgIpc) is 3.10. The number of benzene rings is 1. The maximum absolute atomic E-state index is 13.1. The Balaban J connectivity index is 1.92. The number of aliphatic hydroxyl groups excluding tert-OH is 1. The molecular weight excluding hydrogens is 299 g/mol. The SMILES string of the molecule is Cc1oc(C#N)cc1C(=O)N1C[C@H](O)C[C@H]1c1ccc(F)cc1. The summed E-state index contributed by atoms with van der Waals surface area (Å²) in [6.07, 6.45) is -0.254. The lowest BCUT2D eigenvalue weighted by atomic mass is 10.0. The second-order valence-electron chi connectivity index (χ2n) is 5.61. The van der Waals surface area contributed by atoms with Gasteiger partial charge in [-0.1, -0.05) is 12.1 Å². The van der Waals surface area contributed by atoms with Gasteiger partial charge in [0.05, 0.1) is 17.7 Å². The number of halogens is 1. The van der Waals surface area contributed by atoms with Crippen molar-refractivity contribution in [1.82, 2.24) is 4.90 Å². The number of β-amino-alcohol motifs (C(OH)–C–C–N with tert-alkyl or cyclic N) is 1. The number of hydrogen-bond acceptors (Lipinski definition) is 4. The summed E-state index contributed by atoms with van der Waals surface area (Å²) >= 11 is 0. The van der Waals surface area contributed by atoms with Crippen LogP contribution in [0.1, 0.15) is 39.9 Å². The van der Waals surface area contributed by atoms with Crippen LogP contribution in [0.4, 0.5) is 4.39 Å². The van der Waals surface area contributed by atoms with Crippen LogP contribution in [-0.2, 0) is 0 Å². The molecule has 2 aromatic rings. The molecular formula is C17H15FN2O3. The Morgan fingerprint density at radius 3 is 2.74 bits per heavy atom. The van der Waals surface area contributed by atoms with E-state index in [9.17, 15) is 14.3 Å². The molecule has 1 aromatic heterocycles. The minimum atomic E-state index is -0.642. The quantitative estimate of drug-likeness (QED) is 0.924. The van der Waals surface area contributed by atoms with Crippen molar-refractivity contribution >= 4 is 5.91 Å². The molecule has 118 valence electrons. The number of rotatable bonds is 2. The number of amides is 1. The molecule has 5 nitrogen and oxygen atoms in total. The average molecular weight is 314 g/mol. The Bertz CT molecular complexity index is 776. The molecule has 2 heterocycles. The minimum Gasteiger partial charge on any atom is -0.450 e. The molecule has 1 amide bonds. The minimum absolute atomic E-state index is 0.0731. The third kappa shape index (κ3) is 2.83. The van der Waals surface area contributed by atoms with E-state index in [0.717, 1.165) is 5.56 Å². The van der Waals surface area contributed by atoms with Gasteiger partial charge in [0.1, 0.15) is 17.6 Å². The van der Waals surface area contributed by atoms with Crippen LogP contribution in [0.5, 0.6) is 0 Å². The highest BCUT2D eigenvalue weighted by Crippen LogP contribution is 2.34. The van der Waals surface area contributed by atoms with Gasteiger partial charge in [0, 0.05) is 12.6 Å². The molecule has 0 aliphatic carbocycles. The molecule has 23 heavy (non-hydrogen) atoms. The zero-order chi connectivity index (χ0) is 16.6. The first-order valence-corrected chi connectivity index (χ1v) is 7.24. The van der Waals surface area contributed by atoms with Crippen LogP contribution in [-0.4, -0.2) is 28.6 Å². The number of carbonyl (C=O) groups excluding carboxylic acids is 1. The van der Waals surface area contributed by atoms with E-state index in [1.807, 2.05) is 6.07 Å². The summed E-state index contributed by atoms with van der Waals surface area (Å²) in [5, 5.41) is 18.8. The van der Waals surface area contributed by atoms with Crippen LogP contribution in [0.15, 0.2) is 34.7 Å². The monoisotopic (exact) mass is 314 g/mol. The van der Waals surface area contributed by atoms with Crippen molar-refractivity contribution in [3.05, 3.63) is 58.8 Å². The van der Waals surface area contributed by atoms with Crippen molar-refractivity contribution in [1.29, 1.82) is 5.26 Å². The largest absolute Gasteiger partial charge is 0.450 e. The number of carbonyl (C=O) groups is 1.